The van der Waals surface area contributed by atoms with Crippen molar-refractivity contribution < 1.29 is 9.53 Å². The number of hydrogen-bond donors (Lipinski definition) is 0. The van der Waals surface area contributed by atoms with E-state index < -0.39 is 0 Å². The normalized spacial score (nSPS) is 15.2. The quantitative estimate of drug-likeness (QED) is 0.699. The standard InChI is InChI=1S/C23H27N3O2/c1-17-7-9-18(10-8-17)16-25-11-13-26(14-12-25)23(27)21-15-19-20(24(21)2)5-4-6-22(19)28-3/h4-10,15H,11-14,16H2,1-3H3. The molecule has 2 aromatic carbocycles. The maximum absolute atomic E-state index is 13.1. The minimum absolute atomic E-state index is 0.0933. The summed E-state index contributed by atoms with van der Waals surface area (Å²) in [6.07, 6.45) is 0. The Morgan fingerprint density at radius 3 is 2.43 bits per heavy atom. The van der Waals surface area contributed by atoms with Gasteiger partial charge in [0.15, 0.2) is 0 Å². The fourth-order valence-electron chi connectivity index (χ4n) is 3.94. The van der Waals surface area contributed by atoms with E-state index >= 15 is 0 Å². The smallest absolute Gasteiger partial charge is 0.270 e. The predicted octanol–water partition coefficient (Wildman–Crippen LogP) is 3.45. The van der Waals surface area contributed by atoms with Crippen LogP contribution in [0.1, 0.15) is 21.6 Å². The summed E-state index contributed by atoms with van der Waals surface area (Å²) in [6.45, 7) is 6.34. The van der Waals surface area contributed by atoms with E-state index in [-0.39, 0.29) is 5.91 Å². The minimum Gasteiger partial charge on any atom is -0.496 e. The van der Waals surface area contributed by atoms with Gasteiger partial charge in [-0.3, -0.25) is 9.69 Å². The maximum atomic E-state index is 13.1. The van der Waals surface area contributed by atoms with Crippen molar-refractivity contribution in [2.75, 3.05) is 33.3 Å². The molecule has 1 aliphatic heterocycles. The number of piperazine rings is 1. The van der Waals surface area contributed by atoms with Gasteiger partial charge in [0, 0.05) is 45.2 Å². The molecule has 0 spiro atoms. The van der Waals surface area contributed by atoms with Crippen molar-refractivity contribution in [2.24, 2.45) is 7.05 Å². The number of nitrogens with zero attached hydrogens (tertiary/aromatic N) is 3. The van der Waals surface area contributed by atoms with Crippen LogP contribution in [-0.4, -0.2) is 53.6 Å². The first-order valence-electron chi connectivity index (χ1n) is 9.76. The molecule has 1 saturated heterocycles. The SMILES string of the molecule is COc1cccc2c1cc(C(=O)N1CCN(Cc3ccc(C)cc3)CC1)n2C. The Balaban J connectivity index is 1.45. The molecular weight excluding hydrogens is 350 g/mol. The van der Waals surface area contributed by atoms with E-state index in [1.165, 1.54) is 11.1 Å². The van der Waals surface area contributed by atoms with Gasteiger partial charge in [0.05, 0.1) is 12.6 Å². The first kappa shape index (κ1) is 18.6. The molecule has 1 fully saturated rings. The Morgan fingerprint density at radius 1 is 1.04 bits per heavy atom. The van der Waals surface area contributed by atoms with Crippen LogP contribution in [0, 0.1) is 6.92 Å². The fourth-order valence-corrected chi connectivity index (χ4v) is 3.94. The largest absolute Gasteiger partial charge is 0.496 e. The summed E-state index contributed by atoms with van der Waals surface area (Å²) in [4.78, 5) is 17.5. The van der Waals surface area contributed by atoms with Gasteiger partial charge in [0.25, 0.3) is 5.91 Å². The van der Waals surface area contributed by atoms with Crippen molar-refractivity contribution in [3.8, 4) is 5.75 Å². The summed E-state index contributed by atoms with van der Waals surface area (Å²) in [6, 6.07) is 16.6. The zero-order valence-electron chi connectivity index (χ0n) is 16.8. The third kappa shape index (κ3) is 3.50. The molecule has 0 bridgehead atoms. The summed E-state index contributed by atoms with van der Waals surface area (Å²) in [5, 5.41) is 0.980. The molecule has 5 nitrogen and oxygen atoms in total. The summed E-state index contributed by atoms with van der Waals surface area (Å²) in [7, 11) is 3.61. The van der Waals surface area contributed by atoms with Crippen LogP contribution in [0.3, 0.4) is 0 Å². The number of aromatic nitrogens is 1. The number of methoxy groups -OCH3 is 1. The molecule has 0 radical (unpaired) electrons. The zero-order chi connectivity index (χ0) is 19.7. The second-order valence-corrected chi connectivity index (χ2v) is 7.54. The minimum atomic E-state index is 0.0933. The topological polar surface area (TPSA) is 37.7 Å². The molecule has 1 aliphatic rings. The second kappa shape index (κ2) is 7.68. The van der Waals surface area contributed by atoms with Gasteiger partial charge in [-0.05, 0) is 30.7 Å². The number of hydrogen-bond acceptors (Lipinski definition) is 3. The fraction of sp³-hybridized carbons (Fsp3) is 0.348. The van der Waals surface area contributed by atoms with Gasteiger partial charge in [-0.2, -0.15) is 0 Å². The number of benzene rings is 2. The van der Waals surface area contributed by atoms with E-state index in [1.54, 1.807) is 7.11 Å². The van der Waals surface area contributed by atoms with Crippen LogP contribution in [0.4, 0.5) is 0 Å². The van der Waals surface area contributed by atoms with E-state index in [2.05, 4.69) is 36.1 Å². The molecule has 1 aromatic heterocycles. The summed E-state index contributed by atoms with van der Waals surface area (Å²) < 4.78 is 7.43. The van der Waals surface area contributed by atoms with Crippen molar-refractivity contribution in [3.05, 3.63) is 65.4 Å². The third-order valence-corrected chi connectivity index (χ3v) is 5.67. The molecule has 2 heterocycles. The molecular formula is C23H27N3O2. The zero-order valence-corrected chi connectivity index (χ0v) is 16.8. The van der Waals surface area contributed by atoms with Crippen LogP contribution >= 0.6 is 0 Å². The maximum Gasteiger partial charge on any atom is 0.270 e. The molecule has 0 unspecified atom stereocenters. The van der Waals surface area contributed by atoms with Crippen LogP contribution in [0.5, 0.6) is 5.75 Å². The molecule has 28 heavy (non-hydrogen) atoms. The molecule has 0 aliphatic carbocycles. The van der Waals surface area contributed by atoms with Crippen LogP contribution in [0.25, 0.3) is 10.9 Å². The number of amides is 1. The van der Waals surface area contributed by atoms with Gasteiger partial charge >= 0.3 is 0 Å². The van der Waals surface area contributed by atoms with Crippen molar-refractivity contribution >= 4 is 16.8 Å². The molecule has 0 atom stereocenters. The lowest BCUT2D eigenvalue weighted by molar-refractivity contribution is 0.0619. The van der Waals surface area contributed by atoms with Gasteiger partial charge in [-0.1, -0.05) is 35.9 Å². The number of carbonyl (C=O) groups is 1. The lowest BCUT2D eigenvalue weighted by Gasteiger charge is -2.34. The Labute approximate surface area is 166 Å². The summed E-state index contributed by atoms with van der Waals surface area (Å²) >= 11 is 0. The molecule has 146 valence electrons. The first-order chi connectivity index (χ1) is 13.6. The highest BCUT2D eigenvalue weighted by atomic mass is 16.5. The van der Waals surface area contributed by atoms with E-state index in [4.69, 9.17) is 4.74 Å². The Morgan fingerprint density at radius 2 is 1.75 bits per heavy atom. The average Bonchev–Trinajstić information content (AvgIpc) is 3.06. The summed E-state index contributed by atoms with van der Waals surface area (Å²) in [5.74, 6) is 0.894. The van der Waals surface area contributed by atoms with Crippen LogP contribution in [0.15, 0.2) is 48.5 Å². The Hall–Kier alpha value is -2.79. The number of ether oxygens (including phenoxy) is 1. The van der Waals surface area contributed by atoms with E-state index in [0.29, 0.717) is 5.69 Å². The molecule has 0 N–H and O–H groups in total. The van der Waals surface area contributed by atoms with Gasteiger partial charge < -0.3 is 14.2 Å². The highest BCUT2D eigenvalue weighted by Gasteiger charge is 2.25. The second-order valence-electron chi connectivity index (χ2n) is 7.54. The predicted molar refractivity (Wildman–Crippen MR) is 112 cm³/mol. The first-order valence-corrected chi connectivity index (χ1v) is 9.76. The lowest BCUT2D eigenvalue weighted by Crippen LogP contribution is -2.48. The molecule has 5 heteroatoms. The number of rotatable bonds is 4. The highest BCUT2D eigenvalue weighted by Crippen LogP contribution is 2.28. The molecule has 3 aromatic rings. The lowest BCUT2D eigenvalue weighted by atomic mass is 10.1. The molecule has 0 saturated carbocycles. The number of carbonyl (C=O) groups excluding carboxylic acids is 1. The van der Waals surface area contributed by atoms with Crippen LogP contribution in [0.2, 0.25) is 0 Å². The molecule has 4 rings (SSSR count). The number of fused-ring (bicyclic) bond motifs is 1. The number of aryl methyl sites for hydroxylation is 2. The van der Waals surface area contributed by atoms with Gasteiger partial charge in [-0.15, -0.1) is 0 Å². The average molecular weight is 377 g/mol. The van der Waals surface area contributed by atoms with E-state index in [9.17, 15) is 4.79 Å². The van der Waals surface area contributed by atoms with Gasteiger partial charge in [0.1, 0.15) is 11.4 Å². The third-order valence-electron chi connectivity index (χ3n) is 5.67. The monoisotopic (exact) mass is 377 g/mol. The van der Waals surface area contributed by atoms with Crippen LogP contribution in [-0.2, 0) is 13.6 Å². The van der Waals surface area contributed by atoms with Crippen molar-refractivity contribution in [1.82, 2.24) is 14.4 Å². The highest BCUT2D eigenvalue weighted by molar-refractivity contribution is 6.00. The Bertz CT molecular complexity index is 983. The van der Waals surface area contributed by atoms with E-state index in [0.717, 1.165) is 49.4 Å². The van der Waals surface area contributed by atoms with Crippen molar-refractivity contribution in [2.45, 2.75) is 13.5 Å². The van der Waals surface area contributed by atoms with Gasteiger partial charge in [0.2, 0.25) is 0 Å². The molecule has 1 amide bonds. The van der Waals surface area contributed by atoms with Crippen molar-refractivity contribution in [3.63, 3.8) is 0 Å². The Kier molecular flexibility index (Phi) is 5.09. The summed E-state index contributed by atoms with van der Waals surface area (Å²) in [5.41, 5.74) is 4.34. The van der Waals surface area contributed by atoms with Gasteiger partial charge in [-0.25, -0.2) is 0 Å². The van der Waals surface area contributed by atoms with E-state index in [1.807, 2.05) is 40.8 Å². The van der Waals surface area contributed by atoms with Crippen molar-refractivity contribution in [1.29, 1.82) is 0 Å². The van der Waals surface area contributed by atoms with Crippen LogP contribution < -0.4 is 4.74 Å².